The highest BCUT2D eigenvalue weighted by atomic mass is 16.2. The van der Waals surface area contributed by atoms with Gasteiger partial charge in [-0.2, -0.15) is 0 Å². The molecular weight excluding hydrogens is 294 g/mol. The molecular formula is C16H21N5O2. The van der Waals surface area contributed by atoms with Crippen molar-refractivity contribution in [3.05, 3.63) is 45.9 Å². The van der Waals surface area contributed by atoms with Crippen molar-refractivity contribution in [1.29, 1.82) is 0 Å². The van der Waals surface area contributed by atoms with Crippen LogP contribution in [0.5, 0.6) is 0 Å². The van der Waals surface area contributed by atoms with Crippen molar-refractivity contribution in [2.24, 2.45) is 0 Å². The summed E-state index contributed by atoms with van der Waals surface area (Å²) in [6.07, 6.45) is 7.73. The Bertz CT molecular complexity index is 743. The van der Waals surface area contributed by atoms with Gasteiger partial charge < -0.3 is 14.9 Å². The largest absolute Gasteiger partial charge is 0.354 e. The van der Waals surface area contributed by atoms with Crippen LogP contribution in [0.4, 0.5) is 0 Å². The van der Waals surface area contributed by atoms with E-state index in [9.17, 15) is 9.59 Å². The maximum Gasteiger partial charge on any atom is 0.268 e. The van der Waals surface area contributed by atoms with Gasteiger partial charge in [0, 0.05) is 23.9 Å². The summed E-state index contributed by atoms with van der Waals surface area (Å²) >= 11 is 0. The van der Waals surface area contributed by atoms with Crippen LogP contribution >= 0.6 is 0 Å². The fourth-order valence-electron chi connectivity index (χ4n) is 3.12. The zero-order valence-electron chi connectivity index (χ0n) is 13.2. The average molecular weight is 315 g/mol. The minimum atomic E-state index is -0.316. The van der Waals surface area contributed by atoms with E-state index in [-0.39, 0.29) is 17.0 Å². The molecule has 0 saturated heterocycles. The van der Waals surface area contributed by atoms with Crippen molar-refractivity contribution in [3.8, 4) is 0 Å². The summed E-state index contributed by atoms with van der Waals surface area (Å²) in [6, 6.07) is 3.18. The number of rotatable bonds is 4. The lowest BCUT2D eigenvalue weighted by Gasteiger charge is -2.24. The number of amides is 1. The number of aromatic amines is 1. The molecule has 23 heavy (non-hydrogen) atoms. The van der Waals surface area contributed by atoms with Crippen molar-refractivity contribution in [1.82, 2.24) is 25.1 Å². The smallest absolute Gasteiger partial charge is 0.268 e. The number of hydrogen-bond acceptors (Lipinski definition) is 4. The van der Waals surface area contributed by atoms with Gasteiger partial charge in [-0.1, -0.05) is 19.3 Å². The van der Waals surface area contributed by atoms with Crippen molar-refractivity contribution >= 4 is 5.91 Å². The van der Waals surface area contributed by atoms with Crippen LogP contribution in [0.2, 0.25) is 0 Å². The first-order valence-corrected chi connectivity index (χ1v) is 8.01. The predicted octanol–water partition coefficient (Wildman–Crippen LogP) is 1.71. The topological polar surface area (TPSA) is 92.7 Å². The van der Waals surface area contributed by atoms with Gasteiger partial charge in [-0.25, -0.2) is 0 Å². The number of carbonyl (C=O) groups is 1. The normalized spacial score (nSPS) is 15.5. The molecule has 0 radical (unpaired) electrons. The third-order valence-corrected chi connectivity index (χ3v) is 4.24. The minimum absolute atomic E-state index is 0.184. The number of H-pyrrole nitrogens is 1. The van der Waals surface area contributed by atoms with Crippen molar-refractivity contribution in [3.63, 3.8) is 0 Å². The Kier molecular flexibility index (Phi) is 4.55. The van der Waals surface area contributed by atoms with Crippen LogP contribution in [-0.4, -0.2) is 25.7 Å². The second kappa shape index (κ2) is 6.76. The van der Waals surface area contributed by atoms with E-state index >= 15 is 0 Å². The first-order valence-electron chi connectivity index (χ1n) is 8.01. The standard InChI is InChI=1S/C16H21N5O2/c1-11-7-13(22)8-14(19-11)16(23)17-9-15-20-18-10-21(15)12-5-3-2-4-6-12/h7-8,10,12H,2-6,9H2,1H3,(H,17,23)(H,19,22). The van der Waals surface area contributed by atoms with Gasteiger partial charge in [-0.15, -0.1) is 10.2 Å². The highest BCUT2D eigenvalue weighted by molar-refractivity contribution is 5.92. The summed E-state index contributed by atoms with van der Waals surface area (Å²) in [6.45, 7) is 2.04. The monoisotopic (exact) mass is 315 g/mol. The Morgan fingerprint density at radius 2 is 2.13 bits per heavy atom. The van der Waals surface area contributed by atoms with Gasteiger partial charge in [0.2, 0.25) is 0 Å². The molecule has 1 aliphatic rings. The first kappa shape index (κ1) is 15.5. The Morgan fingerprint density at radius 1 is 1.35 bits per heavy atom. The molecule has 0 bridgehead atoms. The van der Waals surface area contributed by atoms with Crippen LogP contribution in [0.1, 0.15) is 60.2 Å². The molecule has 1 aliphatic carbocycles. The minimum Gasteiger partial charge on any atom is -0.354 e. The molecule has 122 valence electrons. The van der Waals surface area contributed by atoms with E-state index in [1.165, 1.54) is 31.4 Å². The first-order chi connectivity index (χ1) is 11.1. The van der Waals surface area contributed by atoms with E-state index < -0.39 is 0 Å². The Labute approximate surface area is 134 Å². The van der Waals surface area contributed by atoms with Gasteiger partial charge in [0.25, 0.3) is 5.91 Å². The fourth-order valence-corrected chi connectivity index (χ4v) is 3.12. The van der Waals surface area contributed by atoms with Gasteiger partial charge in [-0.05, 0) is 19.8 Å². The zero-order valence-corrected chi connectivity index (χ0v) is 13.2. The molecule has 1 amide bonds. The third-order valence-electron chi connectivity index (χ3n) is 4.24. The summed E-state index contributed by atoms with van der Waals surface area (Å²) in [5, 5.41) is 10.9. The lowest BCUT2D eigenvalue weighted by atomic mass is 9.95. The second-order valence-corrected chi connectivity index (χ2v) is 6.04. The van der Waals surface area contributed by atoms with Gasteiger partial charge >= 0.3 is 0 Å². The maximum atomic E-state index is 12.2. The molecule has 0 aromatic carbocycles. The van der Waals surface area contributed by atoms with Crippen LogP contribution in [0, 0.1) is 6.92 Å². The third kappa shape index (κ3) is 3.67. The Hall–Kier alpha value is -2.44. The van der Waals surface area contributed by atoms with E-state index in [0.717, 1.165) is 18.7 Å². The molecule has 2 N–H and O–H groups in total. The second-order valence-electron chi connectivity index (χ2n) is 6.04. The maximum absolute atomic E-state index is 12.2. The molecule has 7 nitrogen and oxygen atoms in total. The number of nitrogens with one attached hydrogen (secondary N) is 2. The van der Waals surface area contributed by atoms with Crippen molar-refractivity contribution in [2.75, 3.05) is 0 Å². The van der Waals surface area contributed by atoms with Crippen molar-refractivity contribution < 1.29 is 4.79 Å². The Morgan fingerprint density at radius 3 is 2.87 bits per heavy atom. The molecule has 0 atom stereocenters. The summed E-state index contributed by atoms with van der Waals surface area (Å²) in [4.78, 5) is 26.6. The summed E-state index contributed by atoms with van der Waals surface area (Å²) < 4.78 is 2.07. The predicted molar refractivity (Wildman–Crippen MR) is 85.1 cm³/mol. The van der Waals surface area contributed by atoms with Crippen LogP contribution in [0.3, 0.4) is 0 Å². The van der Waals surface area contributed by atoms with E-state index in [2.05, 4.69) is 25.1 Å². The van der Waals surface area contributed by atoms with Gasteiger partial charge in [-0.3, -0.25) is 9.59 Å². The fraction of sp³-hybridized carbons (Fsp3) is 0.500. The van der Waals surface area contributed by atoms with Gasteiger partial charge in [0.1, 0.15) is 12.0 Å². The zero-order chi connectivity index (χ0) is 16.2. The molecule has 0 unspecified atom stereocenters. The van der Waals surface area contributed by atoms with Crippen LogP contribution < -0.4 is 10.7 Å². The molecule has 1 saturated carbocycles. The molecule has 1 fully saturated rings. The SMILES string of the molecule is Cc1cc(=O)cc(C(=O)NCc2nncn2C2CCCCC2)[nH]1. The van der Waals surface area contributed by atoms with Gasteiger partial charge in [0.05, 0.1) is 6.54 Å². The number of pyridine rings is 1. The highest BCUT2D eigenvalue weighted by Crippen LogP contribution is 2.28. The quantitative estimate of drug-likeness (QED) is 0.898. The Balaban J connectivity index is 1.67. The molecule has 2 aromatic rings. The summed E-state index contributed by atoms with van der Waals surface area (Å²) in [5.74, 6) is 0.434. The summed E-state index contributed by atoms with van der Waals surface area (Å²) in [5.41, 5.74) is 0.739. The molecule has 7 heteroatoms. The number of carbonyl (C=O) groups excluding carboxylic acids is 1. The average Bonchev–Trinajstić information content (AvgIpc) is 3.01. The number of hydrogen-bond donors (Lipinski definition) is 2. The van der Waals surface area contributed by atoms with E-state index in [0.29, 0.717) is 18.3 Å². The molecule has 3 rings (SSSR count). The summed E-state index contributed by atoms with van der Waals surface area (Å²) in [7, 11) is 0. The molecule has 2 heterocycles. The van der Waals surface area contributed by atoms with Gasteiger partial charge in [0.15, 0.2) is 11.3 Å². The van der Waals surface area contributed by atoms with E-state index in [1.54, 1.807) is 13.3 Å². The number of aromatic nitrogens is 4. The van der Waals surface area contributed by atoms with E-state index in [4.69, 9.17) is 0 Å². The molecule has 2 aromatic heterocycles. The lowest BCUT2D eigenvalue weighted by molar-refractivity contribution is 0.0943. The lowest BCUT2D eigenvalue weighted by Crippen LogP contribution is -2.27. The van der Waals surface area contributed by atoms with Crippen LogP contribution in [0.15, 0.2) is 23.3 Å². The van der Waals surface area contributed by atoms with E-state index in [1.807, 2.05) is 0 Å². The van der Waals surface area contributed by atoms with Crippen molar-refractivity contribution in [2.45, 2.75) is 51.6 Å². The van der Waals surface area contributed by atoms with Crippen LogP contribution in [0.25, 0.3) is 0 Å². The molecule has 0 spiro atoms. The highest BCUT2D eigenvalue weighted by Gasteiger charge is 2.19. The number of nitrogens with zero attached hydrogens (tertiary/aromatic N) is 3. The molecule has 0 aliphatic heterocycles. The van der Waals surface area contributed by atoms with Crippen LogP contribution in [-0.2, 0) is 6.54 Å². The number of aryl methyl sites for hydroxylation is 1.